The first-order valence-electron chi connectivity index (χ1n) is 13.0. The number of carbonyl (C=O) groups is 4. The van der Waals surface area contributed by atoms with Crippen LogP contribution in [-0.4, -0.2) is 23.1 Å². The molecule has 1 aromatic rings. The molecule has 0 spiro atoms. The third-order valence-corrected chi connectivity index (χ3v) is 7.00. The summed E-state index contributed by atoms with van der Waals surface area (Å²) >= 11 is 0. The molecule has 0 amide bonds. The van der Waals surface area contributed by atoms with Crippen LogP contribution in [0.25, 0.3) is 0 Å². The molecular formula is C30H46O4. The Kier molecular flexibility index (Phi) is 12.1. The number of hydrogen-bond acceptors (Lipinski definition) is 4. The molecule has 0 radical (unpaired) electrons. The average molecular weight is 471 g/mol. The molecule has 0 aliphatic heterocycles. The van der Waals surface area contributed by atoms with Gasteiger partial charge in [0.25, 0.3) is 0 Å². The SMILES string of the molecule is CC(C)=O.CCCC(CC1CC(=O)c2c(C)c(C)cc(C(C)C)c2C1)C(CC)C(=O)CC(C)=O. The van der Waals surface area contributed by atoms with Crippen molar-refractivity contribution in [1.82, 2.24) is 0 Å². The maximum Gasteiger partial charge on any atom is 0.163 e. The minimum atomic E-state index is -0.0744. The Morgan fingerprint density at radius 2 is 1.62 bits per heavy atom. The molecule has 0 aromatic heterocycles. The summed E-state index contributed by atoms with van der Waals surface area (Å²) in [5.74, 6) is 1.30. The van der Waals surface area contributed by atoms with Crippen molar-refractivity contribution in [2.24, 2.45) is 17.8 Å². The molecule has 0 fully saturated rings. The fraction of sp³-hybridized carbons (Fsp3) is 0.667. The number of ketones is 4. The molecule has 34 heavy (non-hydrogen) atoms. The predicted molar refractivity (Wildman–Crippen MR) is 140 cm³/mol. The highest BCUT2D eigenvalue weighted by molar-refractivity contribution is 6.01. The van der Waals surface area contributed by atoms with Gasteiger partial charge >= 0.3 is 0 Å². The van der Waals surface area contributed by atoms with E-state index in [1.807, 2.05) is 0 Å². The molecule has 0 bridgehead atoms. The molecule has 3 atom stereocenters. The molecule has 1 aliphatic rings. The van der Waals surface area contributed by atoms with Crippen LogP contribution in [0.3, 0.4) is 0 Å². The van der Waals surface area contributed by atoms with Gasteiger partial charge < -0.3 is 4.79 Å². The fourth-order valence-corrected chi connectivity index (χ4v) is 5.48. The van der Waals surface area contributed by atoms with Gasteiger partial charge in [-0.25, -0.2) is 0 Å². The summed E-state index contributed by atoms with van der Waals surface area (Å²) in [6.45, 7) is 17.3. The van der Waals surface area contributed by atoms with Crippen molar-refractivity contribution in [3.05, 3.63) is 33.9 Å². The second-order valence-electron chi connectivity index (χ2n) is 10.7. The Morgan fingerprint density at radius 3 is 2.09 bits per heavy atom. The van der Waals surface area contributed by atoms with E-state index in [-0.39, 0.29) is 47.3 Å². The summed E-state index contributed by atoms with van der Waals surface area (Å²) < 4.78 is 0. The molecule has 4 heteroatoms. The van der Waals surface area contributed by atoms with Crippen LogP contribution in [0.4, 0.5) is 0 Å². The van der Waals surface area contributed by atoms with Crippen LogP contribution in [0.1, 0.15) is 126 Å². The maximum absolute atomic E-state index is 13.2. The summed E-state index contributed by atoms with van der Waals surface area (Å²) in [5, 5.41) is 0. The number of Topliss-reactive ketones (excluding diaryl/α,β-unsaturated/α-hetero) is 4. The highest BCUT2D eigenvalue weighted by Gasteiger charge is 2.34. The minimum Gasteiger partial charge on any atom is -0.300 e. The smallest absolute Gasteiger partial charge is 0.163 e. The van der Waals surface area contributed by atoms with Gasteiger partial charge in [-0.2, -0.15) is 0 Å². The molecule has 0 N–H and O–H groups in total. The monoisotopic (exact) mass is 470 g/mol. The van der Waals surface area contributed by atoms with Gasteiger partial charge in [0.2, 0.25) is 0 Å². The number of benzene rings is 1. The van der Waals surface area contributed by atoms with Gasteiger partial charge in [-0.1, -0.05) is 46.6 Å². The summed E-state index contributed by atoms with van der Waals surface area (Å²) in [6, 6.07) is 2.27. The average Bonchev–Trinajstić information content (AvgIpc) is 2.69. The van der Waals surface area contributed by atoms with Crippen LogP contribution in [0.5, 0.6) is 0 Å². The van der Waals surface area contributed by atoms with E-state index in [0.717, 1.165) is 43.2 Å². The molecule has 1 aliphatic carbocycles. The molecule has 0 saturated carbocycles. The molecule has 3 unspecified atom stereocenters. The van der Waals surface area contributed by atoms with Gasteiger partial charge in [-0.05, 0) is 93.9 Å². The van der Waals surface area contributed by atoms with Crippen molar-refractivity contribution < 1.29 is 19.2 Å². The first-order chi connectivity index (χ1) is 15.8. The summed E-state index contributed by atoms with van der Waals surface area (Å²) in [7, 11) is 0. The van der Waals surface area contributed by atoms with E-state index in [0.29, 0.717) is 12.3 Å². The number of aryl methyl sites for hydroxylation is 1. The van der Waals surface area contributed by atoms with Crippen molar-refractivity contribution in [3.8, 4) is 0 Å². The zero-order chi connectivity index (χ0) is 26.2. The van der Waals surface area contributed by atoms with E-state index < -0.39 is 0 Å². The standard InChI is InChI=1S/C27H40O3.C3H6O/c1-8-10-21(22(9-2)25(29)12-18(6)28)13-20-14-24-23(16(3)4)11-17(5)19(7)27(24)26(30)15-20;1-3(2)4/h11,16,20-22H,8-10,12-15H2,1-7H3;1-2H3. The Labute approximate surface area is 207 Å². The Morgan fingerprint density at radius 1 is 1.03 bits per heavy atom. The molecule has 190 valence electrons. The second kappa shape index (κ2) is 13.7. The Hall–Kier alpha value is -2.10. The van der Waals surface area contributed by atoms with E-state index in [4.69, 9.17) is 0 Å². The van der Waals surface area contributed by atoms with Crippen LogP contribution in [0.2, 0.25) is 0 Å². The molecule has 2 rings (SSSR count). The van der Waals surface area contributed by atoms with Gasteiger partial charge in [-0.15, -0.1) is 0 Å². The quantitative estimate of drug-likeness (QED) is 0.341. The summed E-state index contributed by atoms with van der Waals surface area (Å²) in [6.07, 6.45) is 5.20. The zero-order valence-corrected chi connectivity index (χ0v) is 23.0. The molecular weight excluding hydrogens is 424 g/mol. The van der Waals surface area contributed by atoms with Crippen molar-refractivity contribution >= 4 is 23.1 Å². The van der Waals surface area contributed by atoms with E-state index in [1.165, 1.54) is 37.5 Å². The largest absolute Gasteiger partial charge is 0.300 e. The highest BCUT2D eigenvalue weighted by atomic mass is 16.1. The zero-order valence-electron chi connectivity index (χ0n) is 23.0. The fourth-order valence-electron chi connectivity index (χ4n) is 5.48. The topological polar surface area (TPSA) is 68.3 Å². The van der Waals surface area contributed by atoms with Crippen LogP contribution < -0.4 is 0 Å². The van der Waals surface area contributed by atoms with Crippen LogP contribution in [0, 0.1) is 31.6 Å². The van der Waals surface area contributed by atoms with E-state index in [9.17, 15) is 19.2 Å². The first kappa shape index (κ1) is 29.9. The minimum absolute atomic E-state index is 0.0428. The van der Waals surface area contributed by atoms with Crippen molar-refractivity contribution in [1.29, 1.82) is 0 Å². The van der Waals surface area contributed by atoms with Crippen LogP contribution >= 0.6 is 0 Å². The third kappa shape index (κ3) is 8.29. The molecule has 0 saturated heterocycles. The lowest BCUT2D eigenvalue weighted by Crippen LogP contribution is -2.30. The normalized spacial score (nSPS) is 16.9. The summed E-state index contributed by atoms with van der Waals surface area (Å²) in [5.41, 5.74) is 5.84. The highest BCUT2D eigenvalue weighted by Crippen LogP contribution is 2.39. The number of rotatable bonds is 10. The number of hydrogen-bond donors (Lipinski definition) is 0. The second-order valence-corrected chi connectivity index (χ2v) is 10.7. The number of carbonyl (C=O) groups excluding carboxylic acids is 4. The molecule has 0 heterocycles. The van der Waals surface area contributed by atoms with E-state index in [1.54, 1.807) is 0 Å². The van der Waals surface area contributed by atoms with Gasteiger partial charge in [0.05, 0.1) is 6.42 Å². The maximum atomic E-state index is 13.2. The van der Waals surface area contributed by atoms with Crippen molar-refractivity contribution in [2.45, 2.75) is 113 Å². The van der Waals surface area contributed by atoms with Crippen molar-refractivity contribution in [3.63, 3.8) is 0 Å². The molecule has 1 aromatic carbocycles. The third-order valence-electron chi connectivity index (χ3n) is 7.00. The van der Waals surface area contributed by atoms with Gasteiger partial charge in [0.15, 0.2) is 5.78 Å². The van der Waals surface area contributed by atoms with Crippen molar-refractivity contribution in [2.75, 3.05) is 0 Å². The predicted octanol–water partition coefficient (Wildman–Crippen LogP) is 7.15. The Bertz CT molecular complexity index is 890. The van der Waals surface area contributed by atoms with Gasteiger partial charge in [0.1, 0.15) is 17.3 Å². The lowest BCUT2D eigenvalue weighted by Gasteiger charge is -2.33. The lowest BCUT2D eigenvalue weighted by atomic mass is 9.70. The van der Waals surface area contributed by atoms with E-state index >= 15 is 0 Å². The van der Waals surface area contributed by atoms with Crippen LogP contribution in [-0.2, 0) is 20.8 Å². The Balaban J connectivity index is 0.00000133. The van der Waals surface area contributed by atoms with E-state index in [2.05, 4.69) is 47.6 Å². The lowest BCUT2D eigenvalue weighted by molar-refractivity contribution is -0.130. The van der Waals surface area contributed by atoms with Gasteiger partial charge in [-0.3, -0.25) is 14.4 Å². The molecule has 4 nitrogen and oxygen atoms in total. The number of fused-ring (bicyclic) bond motifs is 1. The van der Waals surface area contributed by atoms with Crippen LogP contribution in [0.15, 0.2) is 6.07 Å². The summed E-state index contributed by atoms with van der Waals surface area (Å²) in [4.78, 5) is 46.9. The first-order valence-corrected chi connectivity index (χ1v) is 13.0. The van der Waals surface area contributed by atoms with Gasteiger partial charge in [0, 0.05) is 17.9 Å².